The maximum Gasteiger partial charge on any atom is 0.161 e. The molecule has 0 amide bonds. The minimum Gasteiger partial charge on any atom is -0.493 e. The summed E-state index contributed by atoms with van der Waals surface area (Å²) in [6.07, 6.45) is -11.1. The van der Waals surface area contributed by atoms with Crippen LogP contribution in [0, 0.1) is 11.8 Å². The Hall–Kier alpha value is -1.26. The SMILES string of the molecule is [2H]C([2H])([2H])Oc1cc2c(cc1OC)C([2H])([2H])C([2H])([2H])N1C([2H])([2H])C([2H])(CC(C)C)C([2H])(O)C([2H])([2H])C21[2H]. The minimum atomic E-state index is -3.67. The number of fused-ring (bicyclic) bond motifs is 3. The highest BCUT2D eigenvalue weighted by atomic mass is 16.5. The molecule has 0 aliphatic carbocycles. The largest absolute Gasteiger partial charge is 0.493 e. The molecule has 2 aliphatic rings. The first-order valence-corrected chi connectivity index (χ1v) is 7.24. The summed E-state index contributed by atoms with van der Waals surface area (Å²) in [5.74, 6) is -4.70. The van der Waals surface area contributed by atoms with Crippen LogP contribution in [0.15, 0.2) is 12.1 Å². The van der Waals surface area contributed by atoms with Crippen molar-refractivity contribution in [3.63, 3.8) is 0 Å². The van der Waals surface area contributed by atoms with Crippen molar-refractivity contribution in [2.24, 2.45) is 11.8 Å². The maximum absolute atomic E-state index is 11.2. The van der Waals surface area contributed by atoms with Crippen molar-refractivity contribution in [2.75, 3.05) is 27.1 Å². The lowest BCUT2D eigenvalue weighted by Crippen LogP contribution is -2.48. The van der Waals surface area contributed by atoms with Crippen LogP contribution in [0.4, 0.5) is 0 Å². The molecule has 3 unspecified atom stereocenters. The predicted molar refractivity (Wildman–Crippen MR) is 91.1 cm³/mol. The summed E-state index contributed by atoms with van der Waals surface area (Å²) in [4.78, 5) is -0.0840. The molecule has 1 aromatic carbocycles. The molecule has 2 aliphatic heterocycles. The van der Waals surface area contributed by atoms with E-state index < -0.39 is 80.0 Å². The summed E-state index contributed by atoms with van der Waals surface area (Å²) in [7, 11) is -1.99. The number of ether oxygens (including phenoxy) is 2. The molecule has 0 bridgehead atoms. The standard InChI is InChI=1S/C19H29NO3/c1-12(2)7-14-11-20-6-5-13-8-18(22-3)19(23-4)9-15(13)16(20)10-17(14)21/h8-9,12,14,16-17,21H,5-7,10-11H2,1-4H3/i4D3,5D2,6D2,10D2,11D2,14D,16D,17D. The lowest BCUT2D eigenvalue weighted by Gasteiger charge is -2.46. The fourth-order valence-corrected chi connectivity index (χ4v) is 2.52. The highest BCUT2D eigenvalue weighted by molar-refractivity contribution is 5.49. The van der Waals surface area contributed by atoms with E-state index in [9.17, 15) is 6.48 Å². The van der Waals surface area contributed by atoms with E-state index in [1.807, 2.05) is 0 Å². The summed E-state index contributed by atoms with van der Waals surface area (Å²) in [6.45, 7) is -3.98. The van der Waals surface area contributed by atoms with E-state index in [0.29, 0.717) is 0 Å². The van der Waals surface area contributed by atoms with E-state index in [4.69, 9.17) is 27.3 Å². The first-order chi connectivity index (χ1) is 16.3. The van der Waals surface area contributed by atoms with Crippen LogP contribution in [0.3, 0.4) is 0 Å². The van der Waals surface area contributed by atoms with E-state index in [-0.39, 0.29) is 10.6 Å². The lowest BCUT2D eigenvalue weighted by molar-refractivity contribution is -0.0191. The molecule has 1 saturated heterocycles. The van der Waals surface area contributed by atoms with E-state index in [1.165, 1.54) is 13.8 Å². The van der Waals surface area contributed by atoms with Gasteiger partial charge in [0, 0.05) is 31.3 Å². The van der Waals surface area contributed by atoms with Gasteiger partial charge in [0.1, 0.15) is 0 Å². The molecule has 1 aromatic rings. The van der Waals surface area contributed by atoms with Gasteiger partial charge in [-0.05, 0) is 54.2 Å². The van der Waals surface area contributed by atoms with Crippen LogP contribution in [0.5, 0.6) is 11.5 Å². The zero-order chi connectivity index (χ0) is 29.0. The number of piperidine rings is 1. The highest BCUT2D eigenvalue weighted by Gasteiger charge is 2.38. The molecular formula is C19H29NO3. The second-order valence-corrected chi connectivity index (χ2v) is 5.73. The maximum atomic E-state index is 11.2. The van der Waals surface area contributed by atoms with E-state index in [2.05, 4.69) is 0 Å². The number of aliphatic hydroxyl groups is 1. The molecule has 3 rings (SSSR count). The molecule has 23 heavy (non-hydrogen) atoms. The normalized spacial score (nSPS) is 55.3. The first kappa shape index (κ1) is 6.57. The summed E-state index contributed by atoms with van der Waals surface area (Å²) in [6, 6.07) is -1.84. The number of aryl methyl sites for hydroxylation is 1. The Morgan fingerprint density at radius 3 is 2.91 bits per heavy atom. The summed E-state index contributed by atoms with van der Waals surface area (Å²) in [5, 5.41) is 11.2. The Morgan fingerprint density at radius 2 is 2.22 bits per heavy atom. The van der Waals surface area contributed by atoms with Gasteiger partial charge in [-0.25, -0.2) is 0 Å². The molecule has 0 aromatic heterocycles. The summed E-state index contributed by atoms with van der Waals surface area (Å²) in [5.41, 5.74) is -1.49. The smallest absolute Gasteiger partial charge is 0.161 e. The van der Waals surface area contributed by atoms with Crippen LogP contribution < -0.4 is 9.47 Å². The first-order valence-electron chi connectivity index (χ1n) is 14.2. The van der Waals surface area contributed by atoms with Crippen LogP contribution in [0.1, 0.15) is 63.0 Å². The molecular weight excluding hydrogens is 290 g/mol. The summed E-state index contributed by atoms with van der Waals surface area (Å²) < 4.78 is 128. The number of hydrogen-bond donors (Lipinski definition) is 1. The predicted octanol–water partition coefficient (Wildman–Crippen LogP) is 3.03. The van der Waals surface area contributed by atoms with Gasteiger partial charge in [0.05, 0.1) is 27.1 Å². The van der Waals surface area contributed by atoms with Crippen molar-refractivity contribution < 1.29 is 33.8 Å². The van der Waals surface area contributed by atoms with Crippen LogP contribution in [0.2, 0.25) is 0 Å². The van der Waals surface area contributed by atoms with Gasteiger partial charge >= 0.3 is 0 Å². The fourth-order valence-electron chi connectivity index (χ4n) is 2.52. The van der Waals surface area contributed by atoms with Gasteiger partial charge in [0.2, 0.25) is 0 Å². The molecule has 1 N–H and O–H groups in total. The average molecular weight is 334 g/mol. The number of methoxy groups -OCH3 is 2. The topological polar surface area (TPSA) is 41.9 Å². The third-order valence-corrected chi connectivity index (χ3v) is 3.58. The third kappa shape index (κ3) is 3.20. The Bertz CT molecular complexity index is 1090. The molecule has 4 nitrogen and oxygen atoms in total. The summed E-state index contributed by atoms with van der Waals surface area (Å²) >= 11 is 0. The number of hydrogen-bond acceptors (Lipinski definition) is 4. The number of rotatable bonds is 4. The quantitative estimate of drug-likeness (QED) is 0.920. The van der Waals surface area contributed by atoms with Crippen molar-refractivity contribution in [3.05, 3.63) is 23.3 Å². The molecule has 4 heteroatoms. The average Bonchev–Trinajstić information content (AvgIpc) is 2.68. The molecule has 0 saturated carbocycles. The second kappa shape index (κ2) is 6.70. The molecule has 1 fully saturated rings. The van der Waals surface area contributed by atoms with Crippen molar-refractivity contribution in [3.8, 4) is 11.5 Å². The Labute approximate surface area is 159 Å². The highest BCUT2D eigenvalue weighted by Crippen LogP contribution is 2.43. The van der Waals surface area contributed by atoms with Gasteiger partial charge in [-0.15, -0.1) is 0 Å². The lowest BCUT2D eigenvalue weighted by atomic mass is 9.79. The van der Waals surface area contributed by atoms with Crippen LogP contribution >= 0.6 is 0 Å². The molecule has 3 atom stereocenters. The van der Waals surface area contributed by atoms with E-state index >= 15 is 0 Å². The van der Waals surface area contributed by atoms with Crippen molar-refractivity contribution in [1.82, 2.24) is 4.90 Å². The van der Waals surface area contributed by atoms with Crippen molar-refractivity contribution in [1.29, 1.82) is 0 Å². The zero-order valence-corrected chi connectivity index (χ0v) is 13.2. The van der Waals surface area contributed by atoms with Gasteiger partial charge < -0.3 is 14.6 Å². The zero-order valence-electron chi connectivity index (χ0n) is 27.2. The third-order valence-electron chi connectivity index (χ3n) is 3.58. The minimum absolute atomic E-state index is 0.0840. The molecule has 0 radical (unpaired) electrons. The van der Waals surface area contributed by atoms with E-state index in [1.54, 1.807) is 0 Å². The molecule has 128 valence electrons. The van der Waals surface area contributed by atoms with Gasteiger partial charge in [-0.3, -0.25) is 4.90 Å². The van der Waals surface area contributed by atoms with E-state index in [0.717, 1.165) is 19.2 Å². The Morgan fingerprint density at radius 1 is 1.43 bits per heavy atom. The molecule has 2 heterocycles. The van der Waals surface area contributed by atoms with Gasteiger partial charge in [0.25, 0.3) is 0 Å². The van der Waals surface area contributed by atoms with Gasteiger partial charge in [0.15, 0.2) is 11.5 Å². The number of benzene rings is 1. The monoisotopic (exact) mass is 333 g/mol. The second-order valence-electron chi connectivity index (χ2n) is 5.73. The Balaban J connectivity index is 2.55. The molecule has 0 spiro atoms. The van der Waals surface area contributed by atoms with Gasteiger partial charge in [-0.1, -0.05) is 13.8 Å². The van der Waals surface area contributed by atoms with Crippen LogP contribution in [0.25, 0.3) is 0 Å². The fraction of sp³-hybridized carbons (Fsp3) is 0.684. The van der Waals surface area contributed by atoms with Crippen molar-refractivity contribution >= 4 is 0 Å². The van der Waals surface area contributed by atoms with Crippen molar-refractivity contribution in [2.45, 2.75) is 45.1 Å². The number of nitrogens with zero attached hydrogens (tertiary/aromatic N) is 1. The van der Waals surface area contributed by atoms with Crippen LogP contribution in [-0.2, 0) is 6.37 Å². The van der Waals surface area contributed by atoms with Crippen LogP contribution in [-0.4, -0.2) is 43.2 Å². The van der Waals surface area contributed by atoms with Gasteiger partial charge in [-0.2, -0.15) is 0 Å². The Kier molecular flexibility index (Phi) is 1.91.